The van der Waals surface area contributed by atoms with Crippen molar-refractivity contribution in [2.45, 2.75) is 0 Å². The minimum absolute atomic E-state index is 0.309. The van der Waals surface area contributed by atoms with Crippen molar-refractivity contribution >= 4 is 28.2 Å². The van der Waals surface area contributed by atoms with E-state index in [1.54, 1.807) is 22.9 Å². The number of benzene rings is 1. The molecule has 0 saturated carbocycles. The molecule has 0 N–H and O–H groups in total. The first-order chi connectivity index (χ1) is 7.25. The molecular weight excluding hydrogens is 217 g/mol. The van der Waals surface area contributed by atoms with E-state index >= 15 is 0 Å². The molecule has 0 atom stereocenters. The highest BCUT2D eigenvalue weighted by Gasteiger charge is 2.07. The van der Waals surface area contributed by atoms with Crippen LogP contribution in [-0.2, 0) is 0 Å². The van der Waals surface area contributed by atoms with Gasteiger partial charge in [-0.1, -0.05) is 0 Å². The Hall–Kier alpha value is -1.68. The van der Waals surface area contributed by atoms with Crippen molar-refractivity contribution in [2.75, 3.05) is 0 Å². The summed E-state index contributed by atoms with van der Waals surface area (Å²) in [4.78, 5) is 8.26. The van der Waals surface area contributed by atoms with E-state index in [2.05, 4.69) is 9.97 Å². The average molecular weight is 222 g/mol. The third-order valence-corrected chi connectivity index (χ3v) is 2.52. The molecule has 0 aliphatic rings. The highest BCUT2D eigenvalue weighted by atomic mass is 35.5. The SMILES string of the molecule is Fc1ccc2nc(Cl)n3ccnc3c2c1. The average Bonchev–Trinajstić information content (AvgIpc) is 2.69. The lowest BCUT2D eigenvalue weighted by atomic mass is 10.2. The van der Waals surface area contributed by atoms with Crippen molar-refractivity contribution in [2.24, 2.45) is 0 Å². The third kappa shape index (κ3) is 1.18. The van der Waals surface area contributed by atoms with Crippen molar-refractivity contribution in [3.05, 3.63) is 41.7 Å². The molecule has 5 heteroatoms. The third-order valence-electron chi connectivity index (χ3n) is 2.25. The number of hydrogen-bond donors (Lipinski definition) is 0. The van der Waals surface area contributed by atoms with Crippen LogP contribution in [0.15, 0.2) is 30.6 Å². The van der Waals surface area contributed by atoms with Crippen molar-refractivity contribution in [1.82, 2.24) is 14.4 Å². The summed E-state index contributed by atoms with van der Waals surface area (Å²) in [5.74, 6) is -0.309. The molecule has 2 heterocycles. The first kappa shape index (κ1) is 8.61. The van der Waals surface area contributed by atoms with Crippen LogP contribution in [0.5, 0.6) is 0 Å². The minimum Gasteiger partial charge on any atom is -0.274 e. The lowest BCUT2D eigenvalue weighted by Gasteiger charge is -2.02. The van der Waals surface area contributed by atoms with Crippen LogP contribution in [-0.4, -0.2) is 14.4 Å². The smallest absolute Gasteiger partial charge is 0.209 e. The topological polar surface area (TPSA) is 30.2 Å². The van der Waals surface area contributed by atoms with E-state index in [4.69, 9.17) is 11.6 Å². The molecule has 1 aromatic carbocycles. The second-order valence-electron chi connectivity index (χ2n) is 3.16. The summed E-state index contributed by atoms with van der Waals surface area (Å²) in [7, 11) is 0. The number of nitrogens with zero attached hydrogens (tertiary/aromatic N) is 3. The molecular formula is C10H5ClFN3. The summed E-state index contributed by atoms with van der Waals surface area (Å²) in [5.41, 5.74) is 1.25. The van der Waals surface area contributed by atoms with E-state index in [1.807, 2.05) is 0 Å². The second kappa shape index (κ2) is 2.90. The predicted molar refractivity (Wildman–Crippen MR) is 55.5 cm³/mol. The summed E-state index contributed by atoms with van der Waals surface area (Å²) in [6.45, 7) is 0. The van der Waals surface area contributed by atoms with Crippen LogP contribution in [0.2, 0.25) is 5.28 Å². The van der Waals surface area contributed by atoms with Crippen molar-refractivity contribution in [3.63, 3.8) is 0 Å². The fourth-order valence-electron chi connectivity index (χ4n) is 1.59. The second-order valence-corrected chi connectivity index (χ2v) is 3.50. The summed E-state index contributed by atoms with van der Waals surface area (Å²) in [6, 6.07) is 4.34. The Morgan fingerprint density at radius 3 is 3.07 bits per heavy atom. The van der Waals surface area contributed by atoms with Gasteiger partial charge in [0.25, 0.3) is 0 Å². The number of hydrogen-bond acceptors (Lipinski definition) is 2. The molecule has 74 valence electrons. The van der Waals surface area contributed by atoms with Gasteiger partial charge in [-0.15, -0.1) is 0 Å². The van der Waals surface area contributed by atoms with Gasteiger partial charge in [-0.25, -0.2) is 14.4 Å². The molecule has 15 heavy (non-hydrogen) atoms. The Balaban J connectivity index is 2.61. The Labute approximate surface area is 89.1 Å². The maximum absolute atomic E-state index is 13.1. The molecule has 3 nitrogen and oxygen atoms in total. The molecule has 3 rings (SSSR count). The van der Waals surface area contributed by atoms with Gasteiger partial charge in [0.2, 0.25) is 5.28 Å². The van der Waals surface area contributed by atoms with E-state index in [9.17, 15) is 4.39 Å². The van der Waals surface area contributed by atoms with Crippen LogP contribution in [0.4, 0.5) is 4.39 Å². The van der Waals surface area contributed by atoms with Gasteiger partial charge in [-0.2, -0.15) is 0 Å². The first-order valence-electron chi connectivity index (χ1n) is 4.33. The van der Waals surface area contributed by atoms with Gasteiger partial charge in [0.05, 0.1) is 5.52 Å². The Bertz CT molecular complexity index is 662. The maximum Gasteiger partial charge on any atom is 0.209 e. The van der Waals surface area contributed by atoms with Crippen molar-refractivity contribution in [3.8, 4) is 0 Å². The molecule has 0 fully saturated rings. The molecule has 0 spiro atoms. The summed E-state index contributed by atoms with van der Waals surface area (Å²) in [5, 5.41) is 0.978. The van der Waals surface area contributed by atoms with Crippen LogP contribution in [0, 0.1) is 5.82 Å². The fourth-order valence-corrected chi connectivity index (χ4v) is 1.82. The maximum atomic E-state index is 13.1. The Kier molecular flexibility index (Phi) is 1.67. The van der Waals surface area contributed by atoms with E-state index < -0.39 is 0 Å². The lowest BCUT2D eigenvalue weighted by molar-refractivity contribution is 0.629. The molecule has 3 aromatic rings. The zero-order valence-electron chi connectivity index (χ0n) is 7.48. The highest BCUT2D eigenvalue weighted by molar-refractivity contribution is 6.29. The fraction of sp³-hybridized carbons (Fsp3) is 0. The normalized spacial score (nSPS) is 11.3. The van der Waals surface area contributed by atoms with Crippen LogP contribution in [0.3, 0.4) is 0 Å². The van der Waals surface area contributed by atoms with Gasteiger partial charge in [-0.05, 0) is 29.8 Å². The molecule has 0 unspecified atom stereocenters. The van der Waals surface area contributed by atoms with Gasteiger partial charge in [0.15, 0.2) is 0 Å². The molecule has 0 aliphatic carbocycles. The molecule has 0 saturated heterocycles. The molecule has 0 aliphatic heterocycles. The van der Waals surface area contributed by atoms with Gasteiger partial charge < -0.3 is 0 Å². The molecule has 0 amide bonds. The summed E-state index contributed by atoms with van der Waals surface area (Å²) in [6.07, 6.45) is 3.29. The number of rotatable bonds is 0. The van der Waals surface area contributed by atoms with Crippen LogP contribution in [0.1, 0.15) is 0 Å². The standard InChI is InChI=1S/C10H5ClFN3/c11-10-14-8-2-1-6(12)5-7(8)9-13-3-4-15(9)10/h1-5H. The number of fused-ring (bicyclic) bond motifs is 3. The summed E-state index contributed by atoms with van der Waals surface area (Å²) < 4.78 is 14.7. The zero-order valence-corrected chi connectivity index (χ0v) is 8.24. The van der Waals surface area contributed by atoms with Crippen LogP contribution in [0.25, 0.3) is 16.6 Å². The Morgan fingerprint density at radius 1 is 1.33 bits per heavy atom. The molecule has 0 bridgehead atoms. The van der Waals surface area contributed by atoms with E-state index in [1.165, 1.54) is 12.1 Å². The van der Waals surface area contributed by atoms with Gasteiger partial charge >= 0.3 is 0 Å². The predicted octanol–water partition coefficient (Wildman–Crippen LogP) is 2.68. The van der Waals surface area contributed by atoms with E-state index in [-0.39, 0.29) is 5.82 Å². The van der Waals surface area contributed by atoms with Crippen LogP contribution < -0.4 is 0 Å². The van der Waals surface area contributed by atoms with E-state index in [0.717, 1.165) is 0 Å². The summed E-state index contributed by atoms with van der Waals surface area (Å²) >= 11 is 5.94. The van der Waals surface area contributed by atoms with Gasteiger partial charge in [0.1, 0.15) is 11.5 Å². The number of aromatic nitrogens is 3. The Morgan fingerprint density at radius 2 is 2.20 bits per heavy atom. The van der Waals surface area contributed by atoms with Crippen molar-refractivity contribution in [1.29, 1.82) is 0 Å². The minimum atomic E-state index is -0.309. The number of imidazole rings is 1. The monoisotopic (exact) mass is 221 g/mol. The van der Waals surface area contributed by atoms with Crippen molar-refractivity contribution < 1.29 is 4.39 Å². The highest BCUT2D eigenvalue weighted by Crippen LogP contribution is 2.21. The molecule has 2 aromatic heterocycles. The van der Waals surface area contributed by atoms with E-state index in [0.29, 0.717) is 21.8 Å². The quantitative estimate of drug-likeness (QED) is 0.547. The number of halogens is 2. The van der Waals surface area contributed by atoms with Gasteiger partial charge in [0, 0.05) is 17.8 Å². The zero-order chi connectivity index (χ0) is 10.4. The first-order valence-corrected chi connectivity index (χ1v) is 4.71. The largest absolute Gasteiger partial charge is 0.274 e. The lowest BCUT2D eigenvalue weighted by Crippen LogP contribution is -1.92. The van der Waals surface area contributed by atoms with Crippen LogP contribution >= 0.6 is 11.6 Å². The van der Waals surface area contributed by atoms with Gasteiger partial charge in [-0.3, -0.25) is 4.40 Å². The molecule has 0 radical (unpaired) electrons.